The highest BCUT2D eigenvalue weighted by Gasteiger charge is 2.23. The van der Waals surface area contributed by atoms with Gasteiger partial charge in [-0.25, -0.2) is 0 Å². The van der Waals surface area contributed by atoms with Crippen LogP contribution in [0.4, 0.5) is 0 Å². The van der Waals surface area contributed by atoms with Crippen molar-refractivity contribution in [3.63, 3.8) is 0 Å². The van der Waals surface area contributed by atoms with Gasteiger partial charge in [0.2, 0.25) is 0 Å². The van der Waals surface area contributed by atoms with Crippen molar-refractivity contribution >= 4 is 11.6 Å². The Bertz CT molecular complexity index is 371. The lowest BCUT2D eigenvalue weighted by molar-refractivity contribution is 0.135. The Kier molecular flexibility index (Phi) is 7.39. The highest BCUT2D eigenvalue weighted by Crippen LogP contribution is 2.26. The standard InChI is InChI=1S/C15H25ClN2O/c1-3-4-8-18(9-10-19)15(12(2)17)13-6-5-7-14(16)11-13/h5-7,11-12,15,19H,3-4,8-10,17H2,1-2H3. The molecule has 0 aliphatic carbocycles. The van der Waals surface area contributed by atoms with E-state index in [4.69, 9.17) is 17.3 Å². The van der Waals surface area contributed by atoms with Crippen LogP contribution in [0.25, 0.3) is 0 Å². The van der Waals surface area contributed by atoms with Crippen LogP contribution in [0, 0.1) is 0 Å². The minimum Gasteiger partial charge on any atom is -0.395 e. The van der Waals surface area contributed by atoms with E-state index in [-0.39, 0.29) is 18.7 Å². The molecule has 108 valence electrons. The number of nitrogens with two attached hydrogens (primary N) is 1. The Hall–Kier alpha value is -0.610. The molecule has 0 bridgehead atoms. The van der Waals surface area contributed by atoms with Gasteiger partial charge in [-0.15, -0.1) is 0 Å². The molecule has 3 nitrogen and oxygen atoms in total. The van der Waals surface area contributed by atoms with Gasteiger partial charge in [0, 0.05) is 23.7 Å². The van der Waals surface area contributed by atoms with E-state index < -0.39 is 0 Å². The van der Waals surface area contributed by atoms with Crippen molar-refractivity contribution in [3.05, 3.63) is 34.9 Å². The van der Waals surface area contributed by atoms with Crippen LogP contribution in [-0.2, 0) is 0 Å². The highest BCUT2D eigenvalue weighted by molar-refractivity contribution is 6.30. The van der Waals surface area contributed by atoms with Crippen LogP contribution in [0.3, 0.4) is 0 Å². The Morgan fingerprint density at radius 2 is 2.11 bits per heavy atom. The lowest BCUT2D eigenvalue weighted by Crippen LogP contribution is -2.41. The molecule has 0 saturated carbocycles. The highest BCUT2D eigenvalue weighted by atomic mass is 35.5. The third-order valence-electron chi connectivity index (χ3n) is 3.27. The van der Waals surface area contributed by atoms with E-state index in [1.54, 1.807) is 0 Å². The number of nitrogens with zero attached hydrogens (tertiary/aromatic N) is 1. The zero-order valence-electron chi connectivity index (χ0n) is 11.8. The van der Waals surface area contributed by atoms with E-state index >= 15 is 0 Å². The number of aliphatic hydroxyl groups is 1. The fourth-order valence-electron chi connectivity index (χ4n) is 2.42. The first-order valence-electron chi connectivity index (χ1n) is 6.96. The average molecular weight is 285 g/mol. The quantitative estimate of drug-likeness (QED) is 0.772. The zero-order valence-corrected chi connectivity index (χ0v) is 12.6. The summed E-state index contributed by atoms with van der Waals surface area (Å²) in [6.45, 7) is 5.89. The number of rotatable bonds is 8. The third kappa shape index (κ3) is 5.11. The fraction of sp³-hybridized carbons (Fsp3) is 0.600. The number of aliphatic hydroxyl groups excluding tert-OH is 1. The summed E-state index contributed by atoms with van der Waals surface area (Å²) in [4.78, 5) is 2.25. The fourth-order valence-corrected chi connectivity index (χ4v) is 2.62. The number of halogens is 1. The van der Waals surface area contributed by atoms with Crippen molar-refractivity contribution in [1.82, 2.24) is 4.90 Å². The first-order valence-corrected chi connectivity index (χ1v) is 7.33. The molecule has 0 amide bonds. The molecule has 0 aliphatic heterocycles. The number of hydrogen-bond acceptors (Lipinski definition) is 3. The Morgan fingerprint density at radius 3 is 2.63 bits per heavy atom. The first kappa shape index (κ1) is 16.4. The van der Waals surface area contributed by atoms with Crippen LogP contribution in [-0.4, -0.2) is 35.7 Å². The maximum atomic E-state index is 9.26. The van der Waals surface area contributed by atoms with Crippen LogP contribution >= 0.6 is 11.6 Å². The minimum absolute atomic E-state index is 0.0122. The molecule has 0 fully saturated rings. The van der Waals surface area contributed by atoms with Gasteiger partial charge in [-0.3, -0.25) is 4.90 Å². The van der Waals surface area contributed by atoms with Crippen LogP contribution < -0.4 is 5.73 Å². The molecule has 19 heavy (non-hydrogen) atoms. The first-order chi connectivity index (χ1) is 9.10. The van der Waals surface area contributed by atoms with Crippen LogP contribution in [0.1, 0.15) is 38.3 Å². The molecule has 2 unspecified atom stereocenters. The minimum atomic E-state index is -0.0122. The number of unbranched alkanes of at least 4 members (excludes halogenated alkanes) is 1. The van der Waals surface area contributed by atoms with E-state index in [0.717, 1.165) is 30.0 Å². The molecule has 0 aliphatic rings. The molecule has 3 N–H and O–H groups in total. The molecule has 0 radical (unpaired) electrons. The van der Waals surface area contributed by atoms with E-state index in [9.17, 15) is 5.11 Å². The Labute approximate surface area is 121 Å². The van der Waals surface area contributed by atoms with Crippen LogP contribution in [0.2, 0.25) is 5.02 Å². The molecule has 1 aromatic carbocycles. The summed E-state index contributed by atoms with van der Waals surface area (Å²) in [5.41, 5.74) is 7.27. The summed E-state index contributed by atoms with van der Waals surface area (Å²) < 4.78 is 0. The predicted molar refractivity (Wildman–Crippen MR) is 81.4 cm³/mol. The topological polar surface area (TPSA) is 49.5 Å². The Morgan fingerprint density at radius 1 is 1.37 bits per heavy atom. The molecule has 2 atom stereocenters. The van der Waals surface area contributed by atoms with Crippen molar-refractivity contribution in [2.45, 2.75) is 38.8 Å². The third-order valence-corrected chi connectivity index (χ3v) is 3.50. The Balaban J connectivity index is 2.95. The van der Waals surface area contributed by atoms with E-state index in [2.05, 4.69) is 17.9 Å². The van der Waals surface area contributed by atoms with Crippen molar-refractivity contribution in [3.8, 4) is 0 Å². The zero-order chi connectivity index (χ0) is 14.3. The number of hydrogen-bond donors (Lipinski definition) is 2. The maximum Gasteiger partial charge on any atom is 0.0558 e. The monoisotopic (exact) mass is 284 g/mol. The lowest BCUT2D eigenvalue weighted by atomic mass is 9.98. The summed E-state index contributed by atoms with van der Waals surface area (Å²) in [5, 5.41) is 9.98. The molecule has 0 spiro atoms. The smallest absolute Gasteiger partial charge is 0.0558 e. The van der Waals surface area contributed by atoms with Crippen LogP contribution in [0.5, 0.6) is 0 Å². The van der Waals surface area contributed by atoms with Crippen molar-refractivity contribution in [1.29, 1.82) is 0 Å². The molecule has 1 aromatic rings. The van der Waals surface area contributed by atoms with Gasteiger partial charge in [-0.2, -0.15) is 0 Å². The van der Waals surface area contributed by atoms with Gasteiger partial charge in [-0.05, 0) is 37.6 Å². The summed E-state index contributed by atoms with van der Waals surface area (Å²) >= 11 is 6.07. The second kappa shape index (κ2) is 8.54. The summed E-state index contributed by atoms with van der Waals surface area (Å²) in [7, 11) is 0. The largest absolute Gasteiger partial charge is 0.395 e. The van der Waals surface area contributed by atoms with Crippen molar-refractivity contribution in [2.24, 2.45) is 5.73 Å². The molecule has 0 aromatic heterocycles. The van der Waals surface area contributed by atoms with Crippen molar-refractivity contribution < 1.29 is 5.11 Å². The maximum absolute atomic E-state index is 9.26. The van der Waals surface area contributed by atoms with Gasteiger partial charge in [0.15, 0.2) is 0 Å². The van der Waals surface area contributed by atoms with E-state index in [0.29, 0.717) is 6.54 Å². The van der Waals surface area contributed by atoms with Crippen molar-refractivity contribution in [2.75, 3.05) is 19.7 Å². The molecule has 0 saturated heterocycles. The second-order valence-electron chi connectivity index (χ2n) is 4.97. The summed E-state index contributed by atoms with van der Waals surface area (Å²) in [6, 6.07) is 7.91. The SMILES string of the molecule is CCCCN(CCO)C(c1cccc(Cl)c1)C(C)N. The van der Waals surface area contributed by atoms with Gasteiger partial charge < -0.3 is 10.8 Å². The average Bonchev–Trinajstić information content (AvgIpc) is 2.36. The molecule has 4 heteroatoms. The summed E-state index contributed by atoms with van der Waals surface area (Å²) in [5.74, 6) is 0. The van der Waals surface area contributed by atoms with E-state index in [1.807, 2.05) is 25.1 Å². The summed E-state index contributed by atoms with van der Waals surface area (Å²) in [6.07, 6.45) is 2.23. The predicted octanol–water partition coefficient (Wildman–Crippen LogP) is 2.82. The van der Waals surface area contributed by atoms with Crippen LogP contribution in [0.15, 0.2) is 24.3 Å². The second-order valence-corrected chi connectivity index (χ2v) is 5.41. The van der Waals surface area contributed by atoms with Gasteiger partial charge in [0.05, 0.1) is 6.61 Å². The van der Waals surface area contributed by atoms with Gasteiger partial charge in [0.25, 0.3) is 0 Å². The van der Waals surface area contributed by atoms with Gasteiger partial charge >= 0.3 is 0 Å². The number of benzene rings is 1. The van der Waals surface area contributed by atoms with E-state index in [1.165, 1.54) is 0 Å². The molecule has 0 heterocycles. The van der Waals surface area contributed by atoms with Gasteiger partial charge in [-0.1, -0.05) is 37.1 Å². The van der Waals surface area contributed by atoms with Gasteiger partial charge in [0.1, 0.15) is 0 Å². The molecular weight excluding hydrogens is 260 g/mol. The molecular formula is C15H25ClN2O. The normalized spacial score (nSPS) is 14.6. The lowest BCUT2D eigenvalue weighted by Gasteiger charge is -2.34. The molecule has 1 rings (SSSR count).